The second-order valence-corrected chi connectivity index (χ2v) is 12.1. The first-order valence-corrected chi connectivity index (χ1v) is 15.3. The average molecular weight is 610 g/mol. The van der Waals surface area contributed by atoms with Gasteiger partial charge in [0, 0.05) is 29.2 Å². The Labute approximate surface area is 246 Å². The highest BCUT2D eigenvalue weighted by molar-refractivity contribution is 7.92. The third-order valence-electron chi connectivity index (χ3n) is 7.02. The molecule has 0 aliphatic carbocycles. The minimum absolute atomic E-state index is 0.0936. The molecule has 5 rings (SSSR count). The molecule has 0 fully saturated rings. The van der Waals surface area contributed by atoms with Crippen LogP contribution in [0.2, 0.25) is 5.02 Å². The van der Waals surface area contributed by atoms with Gasteiger partial charge in [0.05, 0.1) is 11.4 Å². The average Bonchev–Trinajstić information content (AvgIpc) is 3.38. The van der Waals surface area contributed by atoms with Gasteiger partial charge in [-0.05, 0) is 54.8 Å². The lowest BCUT2D eigenvalue weighted by atomic mass is 10.1. The summed E-state index contributed by atoms with van der Waals surface area (Å²) in [6.07, 6.45) is 1.82. The summed E-state index contributed by atoms with van der Waals surface area (Å²) in [5.41, 5.74) is 1.15. The molecule has 42 heavy (non-hydrogen) atoms. The van der Waals surface area contributed by atoms with Crippen molar-refractivity contribution in [3.8, 4) is 0 Å². The molecule has 0 unspecified atom stereocenters. The topological polar surface area (TPSA) is 119 Å². The summed E-state index contributed by atoms with van der Waals surface area (Å²) >= 11 is 6.10. The molecule has 0 radical (unpaired) electrons. The van der Waals surface area contributed by atoms with Crippen LogP contribution >= 0.6 is 11.6 Å². The summed E-state index contributed by atoms with van der Waals surface area (Å²) in [7, 11) is -3.85. The third kappa shape index (κ3) is 5.88. The second kappa shape index (κ2) is 11.9. The molecule has 2 aromatic heterocycles. The highest BCUT2D eigenvalue weighted by Gasteiger charge is 2.20. The number of anilines is 1. The number of rotatable bonds is 10. The number of hydrogen-bond acceptors (Lipinski definition) is 5. The van der Waals surface area contributed by atoms with E-state index < -0.39 is 27.1 Å². The van der Waals surface area contributed by atoms with Crippen LogP contribution in [0.15, 0.2) is 81.2 Å². The Balaban J connectivity index is 1.44. The Morgan fingerprint density at radius 3 is 2.45 bits per heavy atom. The maximum absolute atomic E-state index is 14.4. The van der Waals surface area contributed by atoms with Crippen LogP contribution in [0.4, 0.5) is 10.1 Å². The van der Waals surface area contributed by atoms with Gasteiger partial charge in [0.2, 0.25) is 0 Å². The molecular weight excluding hydrogens is 581 g/mol. The first-order valence-electron chi connectivity index (χ1n) is 13.4. The Hall–Kier alpha value is -4.22. The van der Waals surface area contributed by atoms with Crippen LogP contribution in [0.5, 0.6) is 0 Å². The summed E-state index contributed by atoms with van der Waals surface area (Å²) in [6, 6.07) is 17.5. The first kappa shape index (κ1) is 29.3. The highest BCUT2D eigenvalue weighted by Crippen LogP contribution is 2.25. The van der Waals surface area contributed by atoms with Gasteiger partial charge >= 0.3 is 5.69 Å². The lowest BCUT2D eigenvalue weighted by Crippen LogP contribution is -2.40. The van der Waals surface area contributed by atoms with E-state index in [1.165, 1.54) is 16.7 Å². The Kier molecular flexibility index (Phi) is 8.33. The van der Waals surface area contributed by atoms with Crippen molar-refractivity contribution in [1.82, 2.24) is 19.1 Å². The van der Waals surface area contributed by atoms with Crippen molar-refractivity contribution in [3.63, 3.8) is 0 Å². The number of aromatic amines is 1. The Morgan fingerprint density at radius 1 is 1.00 bits per heavy atom. The standard InChI is InChI=1S/C30H29ClFN5O4S/c1-3-4-16-36-28-27(29(38)37(30(36)39)18-21-8-5-6-10-24(21)32)33-26(34-28)17-20-12-14-22(15-13-20)35-42(40,41)25-11-7-9-23(31)19(25)2/h5-15,35H,3-4,16-18H2,1-2H3,(H,33,34). The molecule has 0 atom stereocenters. The van der Waals surface area contributed by atoms with Crippen molar-refractivity contribution in [2.45, 2.75) is 51.1 Å². The van der Waals surface area contributed by atoms with Crippen molar-refractivity contribution in [2.75, 3.05) is 4.72 Å². The van der Waals surface area contributed by atoms with Gasteiger partial charge in [-0.25, -0.2) is 22.6 Å². The zero-order valence-electron chi connectivity index (χ0n) is 23.0. The molecule has 2 N–H and O–H groups in total. The third-order valence-corrected chi connectivity index (χ3v) is 8.95. The predicted molar refractivity (Wildman–Crippen MR) is 161 cm³/mol. The largest absolute Gasteiger partial charge is 0.336 e. The molecular formula is C30H29ClFN5O4S. The van der Waals surface area contributed by atoms with Crippen LogP contribution in [0.3, 0.4) is 0 Å². The van der Waals surface area contributed by atoms with E-state index in [-0.39, 0.29) is 28.2 Å². The van der Waals surface area contributed by atoms with Crippen molar-refractivity contribution in [2.24, 2.45) is 0 Å². The smallest absolute Gasteiger partial charge is 0.333 e. The van der Waals surface area contributed by atoms with Gasteiger partial charge in [0.15, 0.2) is 5.65 Å². The van der Waals surface area contributed by atoms with Crippen LogP contribution in [0, 0.1) is 12.7 Å². The Morgan fingerprint density at radius 2 is 1.74 bits per heavy atom. The number of imidazole rings is 1. The maximum Gasteiger partial charge on any atom is 0.333 e. The van der Waals surface area contributed by atoms with Crippen LogP contribution in [-0.2, 0) is 29.5 Å². The molecule has 0 aliphatic rings. The van der Waals surface area contributed by atoms with Gasteiger partial charge < -0.3 is 4.98 Å². The molecule has 3 aromatic carbocycles. The van der Waals surface area contributed by atoms with Gasteiger partial charge in [-0.15, -0.1) is 0 Å². The van der Waals surface area contributed by atoms with E-state index in [9.17, 15) is 22.4 Å². The summed E-state index contributed by atoms with van der Waals surface area (Å²) in [6.45, 7) is 3.79. The molecule has 0 saturated carbocycles. The number of unbranched alkanes of at least 4 members (excludes halogenated alkanes) is 1. The molecule has 0 aliphatic heterocycles. The number of nitrogens with one attached hydrogen (secondary N) is 2. The van der Waals surface area contributed by atoms with Crippen LogP contribution in [0.25, 0.3) is 11.2 Å². The van der Waals surface area contributed by atoms with Crippen molar-refractivity contribution in [3.05, 3.63) is 121 Å². The zero-order chi connectivity index (χ0) is 30.0. The number of benzene rings is 3. The fourth-order valence-electron chi connectivity index (χ4n) is 4.73. The van der Waals surface area contributed by atoms with Crippen LogP contribution in [-0.4, -0.2) is 27.5 Å². The summed E-state index contributed by atoms with van der Waals surface area (Å²) in [5, 5.41) is 0.359. The van der Waals surface area contributed by atoms with E-state index in [4.69, 9.17) is 11.6 Å². The van der Waals surface area contributed by atoms with Gasteiger partial charge in [0.25, 0.3) is 15.6 Å². The van der Waals surface area contributed by atoms with Gasteiger partial charge in [-0.1, -0.05) is 61.3 Å². The van der Waals surface area contributed by atoms with E-state index in [1.54, 1.807) is 61.5 Å². The second-order valence-electron chi connectivity index (χ2n) is 9.99. The van der Waals surface area contributed by atoms with Gasteiger partial charge in [0.1, 0.15) is 17.2 Å². The van der Waals surface area contributed by atoms with E-state index in [0.29, 0.717) is 41.5 Å². The van der Waals surface area contributed by atoms with Crippen molar-refractivity contribution in [1.29, 1.82) is 0 Å². The first-order chi connectivity index (χ1) is 20.1. The monoisotopic (exact) mass is 609 g/mol. The Bertz CT molecular complexity index is 2000. The lowest BCUT2D eigenvalue weighted by Gasteiger charge is -2.11. The number of sulfonamides is 1. The quantitative estimate of drug-likeness (QED) is 0.225. The summed E-state index contributed by atoms with van der Waals surface area (Å²) < 4.78 is 45.2. The molecule has 5 aromatic rings. The molecule has 218 valence electrons. The maximum atomic E-state index is 14.4. The molecule has 12 heteroatoms. The van der Waals surface area contributed by atoms with E-state index in [1.807, 2.05) is 6.92 Å². The molecule has 0 saturated heterocycles. The number of halogens is 2. The van der Waals surface area contributed by atoms with Gasteiger partial charge in [-0.2, -0.15) is 0 Å². The molecule has 2 heterocycles. The summed E-state index contributed by atoms with van der Waals surface area (Å²) in [4.78, 5) is 34.5. The van der Waals surface area contributed by atoms with Crippen LogP contribution < -0.4 is 16.0 Å². The minimum atomic E-state index is -3.85. The van der Waals surface area contributed by atoms with Crippen molar-refractivity contribution >= 4 is 38.5 Å². The molecule has 9 nitrogen and oxygen atoms in total. The van der Waals surface area contributed by atoms with E-state index in [2.05, 4.69) is 14.7 Å². The number of hydrogen-bond donors (Lipinski definition) is 2. The normalized spacial score (nSPS) is 11.7. The van der Waals surface area contributed by atoms with E-state index >= 15 is 0 Å². The van der Waals surface area contributed by atoms with Crippen molar-refractivity contribution < 1.29 is 12.8 Å². The number of aromatic nitrogens is 4. The van der Waals surface area contributed by atoms with Gasteiger partial charge in [-0.3, -0.25) is 18.7 Å². The number of nitrogens with zero attached hydrogens (tertiary/aromatic N) is 3. The number of aryl methyl sites for hydroxylation is 1. The number of H-pyrrole nitrogens is 1. The van der Waals surface area contributed by atoms with Crippen LogP contribution in [0.1, 0.15) is 42.3 Å². The summed E-state index contributed by atoms with van der Waals surface area (Å²) in [5.74, 6) is -0.0407. The fraction of sp³-hybridized carbons (Fsp3) is 0.233. The SMILES string of the molecule is CCCCn1c(=O)n(Cc2ccccc2F)c(=O)c2[nH]c(Cc3ccc(NS(=O)(=O)c4cccc(Cl)c4C)cc3)nc21. The zero-order valence-corrected chi connectivity index (χ0v) is 24.6. The fourth-order valence-corrected chi connectivity index (χ4v) is 6.28. The molecule has 0 amide bonds. The minimum Gasteiger partial charge on any atom is -0.336 e. The van der Waals surface area contributed by atoms with E-state index in [0.717, 1.165) is 16.6 Å². The lowest BCUT2D eigenvalue weighted by molar-refractivity contribution is 0.553. The molecule has 0 spiro atoms. The highest BCUT2D eigenvalue weighted by atomic mass is 35.5. The number of fused-ring (bicyclic) bond motifs is 1. The predicted octanol–water partition coefficient (Wildman–Crippen LogP) is 5.23. The molecule has 0 bridgehead atoms.